The molecule has 4 aromatic heterocycles. The third-order valence-electron chi connectivity index (χ3n) is 4.81. The summed E-state index contributed by atoms with van der Waals surface area (Å²) in [5.41, 5.74) is 0.599. The van der Waals surface area contributed by atoms with Gasteiger partial charge in [-0.2, -0.15) is 18.3 Å². The van der Waals surface area contributed by atoms with Crippen molar-refractivity contribution in [1.29, 1.82) is 0 Å². The molecule has 0 spiro atoms. The quantitative estimate of drug-likeness (QED) is 0.481. The average molecular weight is 455 g/mol. The van der Waals surface area contributed by atoms with Gasteiger partial charge in [-0.05, 0) is 44.4 Å². The van der Waals surface area contributed by atoms with Crippen LogP contribution in [0.15, 0.2) is 55.0 Å². The molecule has 0 atom stereocenters. The molecule has 0 aliphatic heterocycles. The summed E-state index contributed by atoms with van der Waals surface area (Å²) in [4.78, 5) is 26.7. The van der Waals surface area contributed by atoms with Gasteiger partial charge >= 0.3 is 6.18 Å². The first-order chi connectivity index (χ1) is 15.7. The number of aromatic nitrogens is 5. The van der Waals surface area contributed by atoms with Crippen LogP contribution in [0.3, 0.4) is 0 Å². The number of fused-ring (bicyclic) bond motifs is 1. The molecule has 4 rings (SSSR count). The van der Waals surface area contributed by atoms with Crippen LogP contribution < -0.4 is 5.32 Å². The van der Waals surface area contributed by atoms with Gasteiger partial charge < -0.3 is 10.2 Å². The molecular weight excluding hydrogens is 435 g/mol. The van der Waals surface area contributed by atoms with Crippen LogP contribution in [0, 0.1) is 0 Å². The summed E-state index contributed by atoms with van der Waals surface area (Å²) in [6.07, 6.45) is 0.0403. The number of carbonyl (C=O) groups excluding carboxylic acids is 1. The monoisotopic (exact) mass is 455 g/mol. The summed E-state index contributed by atoms with van der Waals surface area (Å²) < 4.78 is 40.4. The third kappa shape index (κ3) is 4.98. The number of likely N-dealkylation sites (N-methyl/N-ethyl adjacent to an activating group) is 1. The van der Waals surface area contributed by atoms with Gasteiger partial charge in [0.05, 0.1) is 17.4 Å². The summed E-state index contributed by atoms with van der Waals surface area (Å²) in [5.74, 6) is 0.0471. The second kappa shape index (κ2) is 8.94. The van der Waals surface area contributed by atoms with Crippen molar-refractivity contribution in [1.82, 2.24) is 34.9 Å². The van der Waals surface area contributed by atoms with Crippen molar-refractivity contribution in [3.8, 4) is 17.1 Å². The number of rotatable bonds is 6. The Balaban J connectivity index is 1.61. The van der Waals surface area contributed by atoms with E-state index in [1.165, 1.54) is 23.0 Å². The molecular formula is C22H20F3N7O. The Hall–Kier alpha value is -3.86. The number of pyridine rings is 3. The van der Waals surface area contributed by atoms with Gasteiger partial charge in [-0.15, -0.1) is 0 Å². The van der Waals surface area contributed by atoms with E-state index in [0.29, 0.717) is 35.6 Å². The van der Waals surface area contributed by atoms with Crippen LogP contribution in [0.25, 0.3) is 28.0 Å². The summed E-state index contributed by atoms with van der Waals surface area (Å²) in [7, 11) is 3.83. The van der Waals surface area contributed by atoms with Gasteiger partial charge in [0.2, 0.25) is 0 Å². The van der Waals surface area contributed by atoms with E-state index >= 15 is 0 Å². The minimum atomic E-state index is -4.54. The van der Waals surface area contributed by atoms with E-state index in [4.69, 9.17) is 0 Å². The van der Waals surface area contributed by atoms with Gasteiger partial charge in [-0.3, -0.25) is 4.79 Å². The SMILES string of the molecule is CN(C)CCNC(=O)c1cccc(-c2cnn(-c3nccc4nc(C(F)(F)F)ccc34)c2)n1. The van der Waals surface area contributed by atoms with Gasteiger partial charge in [0.15, 0.2) is 5.82 Å². The van der Waals surface area contributed by atoms with Gasteiger partial charge in [0, 0.05) is 36.4 Å². The van der Waals surface area contributed by atoms with E-state index in [2.05, 4.69) is 25.4 Å². The van der Waals surface area contributed by atoms with Gasteiger partial charge in [0.1, 0.15) is 11.4 Å². The lowest BCUT2D eigenvalue weighted by Gasteiger charge is -2.10. The molecule has 1 N–H and O–H groups in total. The molecule has 0 saturated heterocycles. The number of amides is 1. The van der Waals surface area contributed by atoms with Crippen molar-refractivity contribution in [2.45, 2.75) is 6.18 Å². The first kappa shape index (κ1) is 22.3. The maximum Gasteiger partial charge on any atom is 0.433 e. The van der Waals surface area contributed by atoms with E-state index in [-0.39, 0.29) is 17.1 Å². The van der Waals surface area contributed by atoms with Gasteiger partial charge in [-0.1, -0.05) is 6.07 Å². The highest BCUT2D eigenvalue weighted by molar-refractivity contribution is 5.92. The van der Waals surface area contributed by atoms with Crippen molar-refractivity contribution < 1.29 is 18.0 Å². The Morgan fingerprint density at radius 3 is 2.70 bits per heavy atom. The zero-order chi connectivity index (χ0) is 23.6. The fourth-order valence-corrected chi connectivity index (χ4v) is 3.16. The number of alkyl halides is 3. The molecule has 4 aromatic rings. The predicted molar refractivity (Wildman–Crippen MR) is 116 cm³/mol. The minimum Gasteiger partial charge on any atom is -0.349 e. The first-order valence-corrected chi connectivity index (χ1v) is 10.0. The number of nitrogens with zero attached hydrogens (tertiary/aromatic N) is 6. The Labute approximate surface area is 187 Å². The molecule has 0 aliphatic rings. The summed E-state index contributed by atoms with van der Waals surface area (Å²) in [6.45, 7) is 1.20. The van der Waals surface area contributed by atoms with Crippen LogP contribution in [-0.2, 0) is 6.18 Å². The van der Waals surface area contributed by atoms with Crippen molar-refractivity contribution >= 4 is 16.8 Å². The second-order valence-electron chi connectivity index (χ2n) is 7.54. The van der Waals surface area contributed by atoms with Crippen LogP contribution >= 0.6 is 0 Å². The summed E-state index contributed by atoms with van der Waals surface area (Å²) in [5, 5.41) is 7.52. The van der Waals surface area contributed by atoms with E-state index in [0.717, 1.165) is 6.07 Å². The Bertz CT molecular complexity index is 1300. The van der Waals surface area contributed by atoms with Crippen LogP contribution in [0.5, 0.6) is 0 Å². The van der Waals surface area contributed by atoms with Crippen LogP contribution in [-0.4, -0.2) is 62.7 Å². The smallest absolute Gasteiger partial charge is 0.349 e. The maximum absolute atomic E-state index is 13.0. The molecule has 11 heteroatoms. The fraction of sp³-hybridized carbons (Fsp3) is 0.227. The minimum absolute atomic E-state index is 0.154. The van der Waals surface area contributed by atoms with Crippen molar-refractivity contribution in [2.24, 2.45) is 0 Å². The van der Waals surface area contributed by atoms with E-state index in [9.17, 15) is 18.0 Å². The highest BCUT2D eigenvalue weighted by atomic mass is 19.4. The normalized spacial score (nSPS) is 11.8. The van der Waals surface area contributed by atoms with Crippen LogP contribution in [0.1, 0.15) is 16.2 Å². The molecule has 8 nitrogen and oxygen atoms in total. The zero-order valence-electron chi connectivity index (χ0n) is 17.8. The highest BCUT2D eigenvalue weighted by Crippen LogP contribution is 2.30. The number of nitrogens with one attached hydrogen (secondary N) is 1. The Kier molecular flexibility index (Phi) is 6.05. The summed E-state index contributed by atoms with van der Waals surface area (Å²) in [6, 6.07) is 8.74. The van der Waals surface area contributed by atoms with Crippen molar-refractivity contribution in [3.05, 3.63) is 66.4 Å². The van der Waals surface area contributed by atoms with Gasteiger partial charge in [0.25, 0.3) is 5.91 Å². The average Bonchev–Trinajstić information content (AvgIpc) is 3.27. The number of hydrogen-bond acceptors (Lipinski definition) is 6. The number of halogens is 3. The fourth-order valence-electron chi connectivity index (χ4n) is 3.16. The number of hydrogen-bond donors (Lipinski definition) is 1. The molecule has 0 saturated carbocycles. The molecule has 0 bridgehead atoms. The van der Waals surface area contributed by atoms with Crippen molar-refractivity contribution in [2.75, 3.05) is 27.2 Å². The Morgan fingerprint density at radius 2 is 1.94 bits per heavy atom. The van der Waals surface area contributed by atoms with E-state index in [1.807, 2.05) is 19.0 Å². The van der Waals surface area contributed by atoms with E-state index in [1.54, 1.807) is 30.6 Å². The molecule has 170 valence electrons. The first-order valence-electron chi connectivity index (χ1n) is 10.0. The molecule has 33 heavy (non-hydrogen) atoms. The second-order valence-corrected chi connectivity index (χ2v) is 7.54. The summed E-state index contributed by atoms with van der Waals surface area (Å²) >= 11 is 0. The van der Waals surface area contributed by atoms with Crippen LogP contribution in [0.4, 0.5) is 13.2 Å². The zero-order valence-corrected chi connectivity index (χ0v) is 17.8. The van der Waals surface area contributed by atoms with Gasteiger partial charge in [-0.25, -0.2) is 19.6 Å². The van der Waals surface area contributed by atoms with E-state index < -0.39 is 11.9 Å². The standard InChI is InChI=1S/C22H20F3N7O/c1-31(2)11-10-27-21(33)18-5-3-4-16(29-18)14-12-28-32(13-14)20-15-6-7-19(22(23,24)25)30-17(15)8-9-26-20/h3-9,12-13H,10-11H2,1-2H3,(H,27,33). The topological polar surface area (TPSA) is 88.8 Å². The van der Waals surface area contributed by atoms with Crippen molar-refractivity contribution in [3.63, 3.8) is 0 Å². The molecule has 0 unspecified atom stereocenters. The lowest BCUT2D eigenvalue weighted by Crippen LogP contribution is -2.31. The molecule has 0 aliphatic carbocycles. The largest absolute Gasteiger partial charge is 0.433 e. The molecule has 0 aromatic carbocycles. The lowest BCUT2D eigenvalue weighted by atomic mass is 10.2. The molecule has 4 heterocycles. The molecule has 0 radical (unpaired) electrons. The Morgan fingerprint density at radius 1 is 1.12 bits per heavy atom. The third-order valence-corrected chi connectivity index (χ3v) is 4.81. The molecule has 1 amide bonds. The van der Waals surface area contributed by atoms with Crippen LogP contribution in [0.2, 0.25) is 0 Å². The maximum atomic E-state index is 13.0. The predicted octanol–water partition coefficient (Wildman–Crippen LogP) is 3.19. The number of carbonyl (C=O) groups is 1. The lowest BCUT2D eigenvalue weighted by molar-refractivity contribution is -0.140. The highest BCUT2D eigenvalue weighted by Gasteiger charge is 2.32. The molecule has 0 fully saturated rings.